The third-order valence-corrected chi connectivity index (χ3v) is 8.78. The van der Waals surface area contributed by atoms with Crippen molar-refractivity contribution in [1.82, 2.24) is 19.8 Å². The number of halogens is 2. The minimum atomic E-state index is -0.121. The summed E-state index contributed by atoms with van der Waals surface area (Å²) in [5, 5.41) is 1.12. The maximum Gasteiger partial charge on any atom is 0.254 e. The molecule has 2 atom stereocenters. The predicted octanol–water partition coefficient (Wildman–Crippen LogP) is 4.80. The van der Waals surface area contributed by atoms with E-state index in [9.17, 15) is 9.59 Å². The van der Waals surface area contributed by atoms with Crippen LogP contribution in [0.3, 0.4) is 0 Å². The molecule has 1 aliphatic carbocycles. The lowest BCUT2D eigenvalue weighted by Crippen LogP contribution is -2.41. The molecular weight excluding hydrogens is 523 g/mol. The van der Waals surface area contributed by atoms with Crippen LogP contribution >= 0.6 is 23.2 Å². The minimum Gasteiger partial charge on any atom is -0.378 e. The van der Waals surface area contributed by atoms with Crippen LogP contribution in [0.15, 0.2) is 42.7 Å². The van der Waals surface area contributed by atoms with Crippen molar-refractivity contribution in [3.8, 4) is 11.1 Å². The van der Waals surface area contributed by atoms with Gasteiger partial charge >= 0.3 is 0 Å². The van der Waals surface area contributed by atoms with Crippen molar-refractivity contribution in [1.29, 1.82) is 0 Å². The summed E-state index contributed by atoms with van der Waals surface area (Å²) >= 11 is 13.5. The summed E-state index contributed by atoms with van der Waals surface area (Å²) in [6, 6.07) is 11.5. The van der Waals surface area contributed by atoms with E-state index >= 15 is 0 Å². The summed E-state index contributed by atoms with van der Waals surface area (Å²) in [6.45, 7) is 3.13. The molecule has 3 heterocycles. The second-order valence-electron chi connectivity index (χ2n) is 10.3. The molecule has 1 aromatic heterocycles. The van der Waals surface area contributed by atoms with Gasteiger partial charge in [-0.05, 0) is 66.6 Å². The molecular formula is C29H30Cl2N4O3. The number of hydrogen-bond donors (Lipinski definition) is 1. The Bertz CT molecular complexity index is 1330. The minimum absolute atomic E-state index is 0.0137. The molecule has 1 N–H and O–H groups in total. The predicted molar refractivity (Wildman–Crippen MR) is 147 cm³/mol. The number of carbonyl (C=O) groups is 2. The highest BCUT2D eigenvalue weighted by Crippen LogP contribution is 2.36. The molecule has 0 saturated carbocycles. The fraction of sp³-hybridized carbons (Fsp3) is 0.414. The summed E-state index contributed by atoms with van der Waals surface area (Å²) in [6.07, 6.45) is 5.76. The number of aromatic nitrogens is 2. The zero-order valence-corrected chi connectivity index (χ0v) is 22.6. The van der Waals surface area contributed by atoms with Gasteiger partial charge in [0.15, 0.2) is 0 Å². The van der Waals surface area contributed by atoms with Crippen molar-refractivity contribution < 1.29 is 14.3 Å². The average Bonchev–Trinajstić information content (AvgIpc) is 3.56. The van der Waals surface area contributed by atoms with Gasteiger partial charge in [0, 0.05) is 59.3 Å². The number of hydrogen-bond acceptors (Lipinski definition) is 4. The number of aryl methyl sites for hydroxylation is 1. The standard InChI is InChI=1S/C29H30Cl2N4O3/c30-24-14-21(18-1-3-19(4-2-18)28(36)34-9-11-38-12-10-34)15-25(31)23(24)13-20-7-8-35(29(20)37)22-5-6-26-27(16-22)33-17-32-26/h1-4,14-15,17,20,22H,5-13,16H2,(H,32,33)/t20?,22-/m1/s1. The SMILES string of the molecule is O=C(c1ccc(-c2cc(Cl)c(CC3CCN([C@@H]4CCc5nc[nH]c5C4)C3=O)c(Cl)c2)cc1)N1CCOCC1. The number of imidazole rings is 1. The van der Waals surface area contributed by atoms with Crippen LogP contribution < -0.4 is 0 Å². The van der Waals surface area contributed by atoms with Crippen LogP contribution in [0, 0.1) is 5.92 Å². The van der Waals surface area contributed by atoms with Gasteiger partial charge in [0.2, 0.25) is 5.91 Å². The van der Waals surface area contributed by atoms with Gasteiger partial charge in [-0.1, -0.05) is 35.3 Å². The topological polar surface area (TPSA) is 78.5 Å². The molecule has 2 aromatic carbocycles. The molecule has 3 aromatic rings. The smallest absolute Gasteiger partial charge is 0.254 e. The third kappa shape index (κ3) is 4.95. The van der Waals surface area contributed by atoms with E-state index in [0.29, 0.717) is 48.3 Å². The van der Waals surface area contributed by atoms with Crippen LogP contribution in [-0.2, 0) is 28.8 Å². The number of benzene rings is 2. The van der Waals surface area contributed by atoms with Gasteiger partial charge in [0.25, 0.3) is 5.91 Å². The molecule has 2 fully saturated rings. The normalized spacial score (nSPS) is 21.6. The summed E-state index contributed by atoms with van der Waals surface area (Å²) < 4.78 is 5.34. The summed E-state index contributed by atoms with van der Waals surface area (Å²) in [5.41, 5.74) is 5.55. The largest absolute Gasteiger partial charge is 0.378 e. The molecule has 0 spiro atoms. The van der Waals surface area contributed by atoms with E-state index in [0.717, 1.165) is 60.3 Å². The Morgan fingerprint density at radius 1 is 1.03 bits per heavy atom. The van der Waals surface area contributed by atoms with Crippen LogP contribution in [0.2, 0.25) is 10.0 Å². The highest BCUT2D eigenvalue weighted by molar-refractivity contribution is 6.36. The Balaban J connectivity index is 1.13. The van der Waals surface area contributed by atoms with E-state index in [-0.39, 0.29) is 23.8 Å². The van der Waals surface area contributed by atoms with Crippen LogP contribution in [0.5, 0.6) is 0 Å². The lowest BCUT2D eigenvalue weighted by molar-refractivity contribution is -0.133. The van der Waals surface area contributed by atoms with Crippen LogP contribution in [0.4, 0.5) is 0 Å². The van der Waals surface area contributed by atoms with Crippen molar-refractivity contribution >= 4 is 35.0 Å². The summed E-state index contributed by atoms with van der Waals surface area (Å²) in [5.74, 6) is 0.0824. The third-order valence-electron chi connectivity index (χ3n) is 8.11. The highest BCUT2D eigenvalue weighted by Gasteiger charge is 2.38. The van der Waals surface area contributed by atoms with Crippen molar-refractivity contribution in [2.75, 3.05) is 32.8 Å². The molecule has 7 nitrogen and oxygen atoms in total. The zero-order valence-electron chi connectivity index (χ0n) is 21.1. The van der Waals surface area contributed by atoms with Crippen LogP contribution in [0.1, 0.15) is 40.2 Å². The number of nitrogens with zero attached hydrogens (tertiary/aromatic N) is 3. The molecule has 38 heavy (non-hydrogen) atoms. The molecule has 2 aliphatic heterocycles. The van der Waals surface area contributed by atoms with E-state index in [1.165, 1.54) is 0 Å². The molecule has 6 rings (SSSR count). The van der Waals surface area contributed by atoms with Crippen molar-refractivity contribution in [3.05, 3.63) is 75.3 Å². The van der Waals surface area contributed by atoms with E-state index < -0.39 is 0 Å². The van der Waals surface area contributed by atoms with E-state index in [1.54, 1.807) is 6.33 Å². The first-order valence-electron chi connectivity index (χ1n) is 13.2. The first-order chi connectivity index (χ1) is 18.5. The van der Waals surface area contributed by atoms with Crippen LogP contribution in [0.25, 0.3) is 11.1 Å². The molecule has 3 aliphatic rings. The molecule has 0 bridgehead atoms. The maximum atomic E-state index is 13.3. The molecule has 198 valence electrons. The van der Waals surface area contributed by atoms with Gasteiger partial charge < -0.3 is 19.5 Å². The number of nitrogens with one attached hydrogen (secondary N) is 1. The number of carbonyl (C=O) groups excluding carboxylic acids is 2. The number of rotatable bonds is 5. The van der Waals surface area contributed by atoms with Crippen LogP contribution in [-0.4, -0.2) is 70.5 Å². The Morgan fingerprint density at radius 2 is 1.76 bits per heavy atom. The lowest BCUT2D eigenvalue weighted by Gasteiger charge is -2.31. The second-order valence-corrected chi connectivity index (χ2v) is 11.2. The maximum absolute atomic E-state index is 13.3. The van der Waals surface area contributed by atoms with Gasteiger partial charge in [-0.25, -0.2) is 4.98 Å². The second kappa shape index (κ2) is 10.7. The lowest BCUT2D eigenvalue weighted by atomic mass is 9.94. The van der Waals surface area contributed by atoms with Gasteiger partial charge in [0.05, 0.1) is 25.2 Å². The van der Waals surface area contributed by atoms with Crippen molar-refractivity contribution in [3.63, 3.8) is 0 Å². The Kier molecular flexibility index (Phi) is 7.16. The van der Waals surface area contributed by atoms with Gasteiger partial charge in [0.1, 0.15) is 0 Å². The molecule has 0 radical (unpaired) electrons. The number of fused-ring (bicyclic) bond motifs is 1. The summed E-state index contributed by atoms with van der Waals surface area (Å²) in [4.78, 5) is 37.6. The zero-order chi connectivity index (χ0) is 26.2. The monoisotopic (exact) mass is 552 g/mol. The Morgan fingerprint density at radius 3 is 2.50 bits per heavy atom. The first kappa shape index (κ1) is 25.4. The Hall–Kier alpha value is -2.87. The number of likely N-dealkylation sites (tertiary alicyclic amines) is 1. The molecule has 2 saturated heterocycles. The number of amides is 2. The fourth-order valence-electron chi connectivity index (χ4n) is 5.93. The van der Waals surface area contributed by atoms with Gasteiger partial charge in [-0.15, -0.1) is 0 Å². The highest BCUT2D eigenvalue weighted by atomic mass is 35.5. The summed E-state index contributed by atoms with van der Waals surface area (Å²) in [7, 11) is 0. The quantitative estimate of drug-likeness (QED) is 0.492. The number of morpholine rings is 1. The number of ether oxygens (including phenoxy) is 1. The Labute approximate surface area is 232 Å². The molecule has 9 heteroatoms. The molecule has 1 unspecified atom stereocenters. The van der Waals surface area contributed by atoms with Crippen molar-refractivity contribution in [2.45, 2.75) is 38.1 Å². The number of H-pyrrole nitrogens is 1. The van der Waals surface area contributed by atoms with E-state index in [2.05, 4.69) is 9.97 Å². The van der Waals surface area contributed by atoms with E-state index in [4.69, 9.17) is 27.9 Å². The van der Waals surface area contributed by atoms with Crippen molar-refractivity contribution in [2.24, 2.45) is 5.92 Å². The van der Waals surface area contributed by atoms with E-state index in [1.807, 2.05) is 46.2 Å². The van der Waals surface area contributed by atoms with Gasteiger partial charge in [-0.3, -0.25) is 9.59 Å². The number of aromatic amines is 1. The molecule has 2 amide bonds. The average molecular weight is 553 g/mol. The fourth-order valence-corrected chi connectivity index (χ4v) is 6.57. The van der Waals surface area contributed by atoms with Gasteiger partial charge in [-0.2, -0.15) is 0 Å². The first-order valence-corrected chi connectivity index (χ1v) is 14.0.